The maximum Gasteiger partial charge on any atom is 0.243 e. The molecule has 2 aliphatic heterocycles. The fourth-order valence-electron chi connectivity index (χ4n) is 4.85. The minimum Gasteiger partial charge on any atom is -0.497 e. The third-order valence-corrected chi connectivity index (χ3v) is 8.71. The zero-order chi connectivity index (χ0) is 24.0. The van der Waals surface area contributed by atoms with Gasteiger partial charge in [0.05, 0.1) is 18.6 Å². The van der Waals surface area contributed by atoms with Crippen molar-refractivity contribution in [1.29, 1.82) is 0 Å². The molecule has 1 N–H and O–H groups in total. The highest BCUT2D eigenvalue weighted by molar-refractivity contribution is 7.89. The topological polar surface area (TPSA) is 78.9 Å². The van der Waals surface area contributed by atoms with Gasteiger partial charge >= 0.3 is 0 Å². The van der Waals surface area contributed by atoms with Crippen LogP contribution in [0.3, 0.4) is 0 Å². The normalized spacial score (nSPS) is 18.6. The molecule has 2 aromatic carbocycles. The van der Waals surface area contributed by atoms with E-state index in [2.05, 4.69) is 22.3 Å². The van der Waals surface area contributed by atoms with Gasteiger partial charge in [-0.1, -0.05) is 30.7 Å². The van der Waals surface area contributed by atoms with E-state index in [-0.39, 0.29) is 23.3 Å². The lowest BCUT2D eigenvalue weighted by Gasteiger charge is -2.35. The van der Waals surface area contributed by atoms with Gasteiger partial charge in [0.1, 0.15) is 5.75 Å². The third kappa shape index (κ3) is 5.86. The first-order chi connectivity index (χ1) is 16.5. The number of hydrogen-bond acceptors (Lipinski definition) is 6. The van der Waals surface area contributed by atoms with Gasteiger partial charge in [0.15, 0.2) is 5.78 Å². The van der Waals surface area contributed by atoms with Gasteiger partial charge in [-0.25, -0.2) is 8.42 Å². The molecule has 8 heteroatoms. The molecule has 7 nitrogen and oxygen atoms in total. The Morgan fingerprint density at radius 3 is 2.32 bits per heavy atom. The number of ketones is 1. The first kappa shape index (κ1) is 24.9. The molecular weight excluding hydrogens is 450 g/mol. The lowest BCUT2D eigenvalue weighted by atomic mass is 10.0. The summed E-state index contributed by atoms with van der Waals surface area (Å²) in [5, 5.41) is 3.34. The van der Waals surface area contributed by atoms with Gasteiger partial charge in [-0.15, -0.1) is 0 Å². The van der Waals surface area contributed by atoms with E-state index in [0.717, 1.165) is 31.7 Å². The molecule has 1 atom stereocenters. The number of ether oxygens (including phenoxy) is 1. The maximum atomic E-state index is 12.9. The largest absolute Gasteiger partial charge is 0.497 e. The van der Waals surface area contributed by atoms with Gasteiger partial charge in [-0.05, 0) is 68.6 Å². The number of likely N-dealkylation sites (tertiary alicyclic amines) is 1. The summed E-state index contributed by atoms with van der Waals surface area (Å²) in [6, 6.07) is 14.7. The Morgan fingerprint density at radius 2 is 1.65 bits per heavy atom. The van der Waals surface area contributed by atoms with E-state index in [9.17, 15) is 13.2 Å². The maximum absolute atomic E-state index is 12.9. The molecule has 184 valence electrons. The molecule has 2 saturated heterocycles. The second kappa shape index (κ2) is 11.4. The number of piperidine rings is 1. The highest BCUT2D eigenvalue weighted by atomic mass is 32.2. The Balaban J connectivity index is 1.41. The molecule has 0 saturated carbocycles. The number of Topliss-reactive ketones (excluding diaryl/α,β-unsaturated/α-hetero) is 1. The van der Waals surface area contributed by atoms with Crippen LogP contribution >= 0.6 is 0 Å². The van der Waals surface area contributed by atoms with E-state index in [1.165, 1.54) is 35.2 Å². The molecule has 4 rings (SSSR count). The first-order valence-electron chi connectivity index (χ1n) is 12.2. The zero-order valence-electron chi connectivity index (χ0n) is 19.9. The minimum absolute atomic E-state index is 0.106. The van der Waals surface area contributed by atoms with Crippen molar-refractivity contribution in [2.24, 2.45) is 0 Å². The van der Waals surface area contributed by atoms with Gasteiger partial charge < -0.3 is 10.1 Å². The van der Waals surface area contributed by atoms with E-state index in [1.54, 1.807) is 25.3 Å². The predicted octanol–water partition coefficient (Wildman–Crippen LogP) is 3.48. The van der Waals surface area contributed by atoms with Crippen molar-refractivity contribution in [2.75, 3.05) is 46.4 Å². The van der Waals surface area contributed by atoms with Crippen LogP contribution in [0.4, 0.5) is 0 Å². The molecule has 1 unspecified atom stereocenters. The van der Waals surface area contributed by atoms with Crippen molar-refractivity contribution < 1.29 is 17.9 Å². The van der Waals surface area contributed by atoms with Gasteiger partial charge in [-0.3, -0.25) is 9.69 Å². The molecule has 2 fully saturated rings. The number of carbonyl (C=O) groups is 1. The summed E-state index contributed by atoms with van der Waals surface area (Å²) in [7, 11) is -1.88. The predicted molar refractivity (Wildman–Crippen MR) is 133 cm³/mol. The molecule has 2 aromatic rings. The average Bonchev–Trinajstić information content (AvgIpc) is 3.43. The van der Waals surface area contributed by atoms with Crippen LogP contribution in [-0.2, 0) is 10.0 Å². The number of nitrogens with zero attached hydrogens (tertiary/aromatic N) is 2. The number of methoxy groups -OCH3 is 1. The van der Waals surface area contributed by atoms with Gasteiger partial charge in [0.25, 0.3) is 0 Å². The molecule has 0 amide bonds. The highest BCUT2D eigenvalue weighted by Crippen LogP contribution is 2.26. The van der Waals surface area contributed by atoms with Gasteiger partial charge in [0, 0.05) is 31.2 Å². The number of nitrogens with one attached hydrogen (secondary N) is 1. The van der Waals surface area contributed by atoms with E-state index < -0.39 is 10.0 Å². The Hall–Kier alpha value is -2.26. The van der Waals surface area contributed by atoms with Gasteiger partial charge in [-0.2, -0.15) is 4.31 Å². The van der Waals surface area contributed by atoms with Gasteiger partial charge in [0.2, 0.25) is 10.0 Å². The molecule has 0 bridgehead atoms. The van der Waals surface area contributed by atoms with Crippen molar-refractivity contribution in [2.45, 2.75) is 43.0 Å². The quantitative estimate of drug-likeness (QED) is 0.519. The Bertz CT molecular complexity index is 1060. The molecule has 2 heterocycles. The van der Waals surface area contributed by atoms with E-state index >= 15 is 0 Å². The number of sulfonamides is 1. The molecule has 34 heavy (non-hydrogen) atoms. The Kier molecular flexibility index (Phi) is 8.37. The van der Waals surface area contributed by atoms with Crippen LogP contribution in [0, 0.1) is 0 Å². The van der Waals surface area contributed by atoms with E-state index in [0.29, 0.717) is 25.2 Å². The molecule has 0 aliphatic carbocycles. The standard InChI is InChI=1S/C26H35N3O4S/c1-33-23-12-10-21(11-13-23)25(28-14-3-2-4-15-28)19-27-20-26(30)22-8-7-9-24(18-22)34(31,32)29-16-5-6-17-29/h7-13,18,25,27H,2-6,14-17,19-20H2,1H3. The summed E-state index contributed by atoms with van der Waals surface area (Å²) < 4.78 is 32.6. The highest BCUT2D eigenvalue weighted by Gasteiger charge is 2.28. The SMILES string of the molecule is COc1ccc(C(CNCC(=O)c2cccc(S(=O)(=O)N3CCCC3)c2)N2CCCCC2)cc1. The van der Waals surface area contributed by atoms with Crippen LogP contribution < -0.4 is 10.1 Å². The first-order valence-corrected chi connectivity index (χ1v) is 13.7. The monoisotopic (exact) mass is 485 g/mol. The van der Waals surface area contributed by atoms with E-state index in [1.807, 2.05) is 12.1 Å². The molecule has 0 aromatic heterocycles. The van der Waals surface area contributed by atoms with Crippen LogP contribution in [0.25, 0.3) is 0 Å². The summed E-state index contributed by atoms with van der Waals surface area (Å²) in [6.45, 7) is 3.99. The van der Waals surface area contributed by atoms with Crippen molar-refractivity contribution >= 4 is 15.8 Å². The molecule has 2 aliphatic rings. The second-order valence-corrected chi connectivity index (χ2v) is 11.0. The number of hydrogen-bond donors (Lipinski definition) is 1. The minimum atomic E-state index is -3.54. The van der Waals surface area contributed by atoms with E-state index in [4.69, 9.17) is 4.74 Å². The van der Waals surface area contributed by atoms with Crippen molar-refractivity contribution in [3.63, 3.8) is 0 Å². The van der Waals surface area contributed by atoms with Crippen LogP contribution in [0.15, 0.2) is 53.4 Å². The lowest BCUT2D eigenvalue weighted by Crippen LogP contribution is -2.40. The average molecular weight is 486 g/mol. The molecule has 0 radical (unpaired) electrons. The molecule has 0 spiro atoms. The third-order valence-electron chi connectivity index (χ3n) is 6.81. The zero-order valence-corrected chi connectivity index (χ0v) is 20.7. The van der Waals surface area contributed by atoms with Crippen LogP contribution in [0.5, 0.6) is 5.75 Å². The fraction of sp³-hybridized carbons (Fsp3) is 0.500. The summed E-state index contributed by atoms with van der Waals surface area (Å²) in [5.41, 5.74) is 1.62. The number of rotatable bonds is 10. The Labute approximate surface area is 203 Å². The Morgan fingerprint density at radius 1 is 0.971 bits per heavy atom. The molecular formula is C26H35N3O4S. The summed E-state index contributed by atoms with van der Waals surface area (Å²) >= 11 is 0. The smallest absolute Gasteiger partial charge is 0.243 e. The lowest BCUT2D eigenvalue weighted by molar-refractivity contribution is 0.0983. The summed E-state index contributed by atoms with van der Waals surface area (Å²) in [5.74, 6) is 0.721. The summed E-state index contributed by atoms with van der Waals surface area (Å²) in [4.78, 5) is 15.6. The number of benzene rings is 2. The van der Waals surface area contributed by atoms with Crippen LogP contribution in [0.2, 0.25) is 0 Å². The second-order valence-electron chi connectivity index (χ2n) is 9.08. The summed E-state index contributed by atoms with van der Waals surface area (Å²) in [6.07, 6.45) is 5.39. The van der Waals surface area contributed by atoms with Crippen molar-refractivity contribution in [1.82, 2.24) is 14.5 Å². The van der Waals surface area contributed by atoms with Crippen molar-refractivity contribution in [3.05, 3.63) is 59.7 Å². The van der Waals surface area contributed by atoms with Crippen molar-refractivity contribution in [3.8, 4) is 5.75 Å². The fourth-order valence-corrected chi connectivity index (χ4v) is 6.41. The van der Waals surface area contributed by atoms with Crippen LogP contribution in [-0.4, -0.2) is 69.8 Å². The van der Waals surface area contributed by atoms with Crippen LogP contribution in [0.1, 0.15) is 54.1 Å². The number of carbonyl (C=O) groups excluding carboxylic acids is 1.